The Morgan fingerprint density at radius 3 is 1.80 bits per heavy atom. The number of imidazole rings is 2. The zero-order chi connectivity index (χ0) is 23.9. The predicted molar refractivity (Wildman–Crippen MR) is 141 cm³/mol. The van der Waals surface area contributed by atoms with Gasteiger partial charge >= 0.3 is 0 Å². The molecule has 2 aromatic heterocycles. The van der Waals surface area contributed by atoms with Gasteiger partial charge in [0.25, 0.3) is 0 Å². The van der Waals surface area contributed by atoms with Gasteiger partial charge in [-0.2, -0.15) is 0 Å². The van der Waals surface area contributed by atoms with E-state index in [9.17, 15) is 0 Å². The first-order valence-corrected chi connectivity index (χ1v) is 12.9. The third-order valence-corrected chi connectivity index (χ3v) is 7.64. The van der Waals surface area contributed by atoms with Crippen LogP contribution in [-0.4, -0.2) is 32.0 Å². The van der Waals surface area contributed by atoms with Crippen molar-refractivity contribution in [2.75, 3.05) is 0 Å². The minimum Gasteiger partial charge on any atom is -0.341 e. The summed E-state index contributed by atoms with van der Waals surface area (Å²) in [6.07, 6.45) is 6.50. The maximum atomic E-state index is 6.52. The number of H-pyrrole nitrogens is 2. The average molecular weight is 487 g/mol. The van der Waals surface area contributed by atoms with E-state index in [0.29, 0.717) is 23.3 Å². The molecule has 0 bridgehead atoms. The Balaban J connectivity index is 1.17. The maximum Gasteiger partial charge on any atom is 0.134 e. The van der Waals surface area contributed by atoms with Gasteiger partial charge in [0.05, 0.1) is 24.0 Å². The molecular formula is C28H31ClN6. The first kappa shape index (κ1) is 22.5. The van der Waals surface area contributed by atoms with Crippen LogP contribution in [0.4, 0.5) is 0 Å². The Labute approximate surface area is 211 Å². The third-order valence-electron chi connectivity index (χ3n) is 7.37. The predicted octanol–water partition coefficient (Wildman–Crippen LogP) is 6.41. The summed E-state index contributed by atoms with van der Waals surface area (Å²) in [4.78, 5) is 16.2. The van der Waals surface area contributed by atoms with Crippen LogP contribution in [0.2, 0.25) is 5.15 Å². The fourth-order valence-corrected chi connectivity index (χ4v) is 5.58. The van der Waals surface area contributed by atoms with Crippen LogP contribution in [0.15, 0.2) is 54.7 Å². The van der Waals surface area contributed by atoms with E-state index in [1.54, 1.807) is 0 Å². The lowest BCUT2D eigenvalue weighted by Crippen LogP contribution is -2.21. The minimum absolute atomic E-state index is 0.248. The van der Waals surface area contributed by atoms with Gasteiger partial charge in [0.15, 0.2) is 0 Å². The molecule has 2 aromatic carbocycles. The first-order chi connectivity index (χ1) is 17.0. The van der Waals surface area contributed by atoms with Gasteiger partial charge in [0.1, 0.15) is 22.5 Å². The molecule has 4 N–H and O–H groups in total. The number of hydrogen-bond acceptors (Lipinski definition) is 4. The van der Waals surface area contributed by atoms with Crippen molar-refractivity contribution in [3.05, 3.63) is 71.5 Å². The van der Waals surface area contributed by atoms with E-state index in [1.807, 2.05) is 6.20 Å². The third kappa shape index (κ3) is 4.54. The Morgan fingerprint density at radius 1 is 0.686 bits per heavy atom. The molecule has 2 saturated heterocycles. The molecule has 0 aliphatic carbocycles. The van der Waals surface area contributed by atoms with Gasteiger partial charge in [-0.05, 0) is 56.2 Å². The Hall–Kier alpha value is -2.93. The number of nitrogens with one attached hydrogen (secondary N) is 4. The lowest BCUT2D eigenvalue weighted by molar-refractivity contribution is 0.564. The molecule has 6 rings (SSSR count). The number of aromatic amines is 2. The zero-order valence-corrected chi connectivity index (χ0v) is 20.9. The van der Waals surface area contributed by atoms with Crippen LogP contribution in [0.1, 0.15) is 63.3 Å². The number of rotatable bonds is 5. The molecule has 4 atom stereocenters. The van der Waals surface area contributed by atoms with Crippen LogP contribution in [-0.2, 0) is 0 Å². The molecule has 180 valence electrons. The standard InChI is InChI=1S/C28H31ClN6/c1-16-3-13-22(31-16)27-30-15-24(33-27)20-9-5-18(6-10-20)19-7-11-21(12-8-19)25-26(29)35-28(34-25)23-14-4-17(2)32-23/h5-12,15-17,22-23,31-32H,3-4,13-14H2,1-2H3,(H,30,33)(H,34,35)/t16-,17-,22-,23-/m0/s1. The van der Waals surface area contributed by atoms with Gasteiger partial charge in [-0.25, -0.2) is 9.97 Å². The lowest BCUT2D eigenvalue weighted by Gasteiger charge is -2.08. The van der Waals surface area contributed by atoms with Gasteiger partial charge < -0.3 is 20.6 Å². The van der Waals surface area contributed by atoms with Crippen LogP contribution in [0.25, 0.3) is 33.6 Å². The zero-order valence-electron chi connectivity index (χ0n) is 20.1. The molecule has 0 spiro atoms. The highest BCUT2D eigenvalue weighted by atomic mass is 35.5. The molecule has 4 aromatic rings. The average Bonchev–Trinajstić information content (AvgIpc) is 3.67. The highest BCUT2D eigenvalue weighted by molar-refractivity contribution is 6.31. The molecule has 7 heteroatoms. The van der Waals surface area contributed by atoms with Gasteiger partial charge in [-0.15, -0.1) is 0 Å². The minimum atomic E-state index is 0.248. The van der Waals surface area contributed by atoms with E-state index in [1.165, 1.54) is 12.0 Å². The lowest BCUT2D eigenvalue weighted by atomic mass is 10.0. The monoisotopic (exact) mass is 486 g/mol. The number of aromatic nitrogens is 4. The molecule has 0 saturated carbocycles. The smallest absolute Gasteiger partial charge is 0.134 e. The van der Waals surface area contributed by atoms with E-state index in [-0.39, 0.29) is 6.04 Å². The molecule has 2 fully saturated rings. The fraction of sp³-hybridized carbons (Fsp3) is 0.357. The molecule has 0 amide bonds. The summed E-state index contributed by atoms with van der Waals surface area (Å²) in [6.45, 7) is 4.43. The SMILES string of the molecule is C[C@H]1CC[C@@H](c2ncc(-c3ccc(-c4ccc(-c5nc([C@@H]6CC[C@H](C)N6)[nH]c5Cl)cc4)cc3)[nH]2)N1. The molecule has 2 aliphatic rings. The van der Waals surface area contributed by atoms with Crippen molar-refractivity contribution in [3.8, 4) is 33.6 Å². The Morgan fingerprint density at radius 2 is 1.23 bits per heavy atom. The molecule has 4 heterocycles. The van der Waals surface area contributed by atoms with Crippen LogP contribution >= 0.6 is 11.6 Å². The molecule has 2 aliphatic heterocycles. The summed E-state index contributed by atoms with van der Waals surface area (Å²) in [7, 11) is 0. The summed E-state index contributed by atoms with van der Waals surface area (Å²) in [6, 6.07) is 18.7. The summed E-state index contributed by atoms with van der Waals surface area (Å²) in [5.74, 6) is 1.96. The largest absolute Gasteiger partial charge is 0.341 e. The molecule has 35 heavy (non-hydrogen) atoms. The second-order valence-electron chi connectivity index (χ2n) is 10.0. The van der Waals surface area contributed by atoms with Gasteiger partial charge in [-0.3, -0.25) is 0 Å². The van der Waals surface area contributed by atoms with E-state index >= 15 is 0 Å². The van der Waals surface area contributed by atoms with Gasteiger partial charge in [-0.1, -0.05) is 60.1 Å². The molecule has 6 nitrogen and oxygen atoms in total. The number of nitrogens with zero attached hydrogens (tertiary/aromatic N) is 2. The summed E-state index contributed by atoms with van der Waals surface area (Å²) >= 11 is 6.52. The van der Waals surface area contributed by atoms with Crippen LogP contribution in [0.3, 0.4) is 0 Å². The molecule has 0 unspecified atom stereocenters. The van der Waals surface area contributed by atoms with E-state index in [4.69, 9.17) is 16.6 Å². The maximum absolute atomic E-state index is 6.52. The molecule has 0 radical (unpaired) electrons. The Bertz CT molecular complexity index is 1310. The normalized spacial score (nSPS) is 24.3. The Kier molecular flexibility index (Phi) is 5.96. The van der Waals surface area contributed by atoms with E-state index < -0.39 is 0 Å². The van der Waals surface area contributed by atoms with Crippen molar-refractivity contribution in [3.63, 3.8) is 0 Å². The summed E-state index contributed by atoms with van der Waals surface area (Å²) in [5.41, 5.74) is 6.35. The van der Waals surface area contributed by atoms with Crippen molar-refractivity contribution < 1.29 is 0 Å². The number of hydrogen-bond donors (Lipinski definition) is 4. The highest BCUT2D eigenvalue weighted by Gasteiger charge is 2.26. The quantitative estimate of drug-likeness (QED) is 0.262. The highest BCUT2D eigenvalue weighted by Crippen LogP contribution is 2.33. The number of halogens is 1. The van der Waals surface area contributed by atoms with Crippen LogP contribution in [0.5, 0.6) is 0 Å². The fourth-order valence-electron chi connectivity index (χ4n) is 5.33. The van der Waals surface area contributed by atoms with Gasteiger partial charge in [0.2, 0.25) is 0 Å². The van der Waals surface area contributed by atoms with E-state index in [2.05, 4.69) is 88.0 Å². The van der Waals surface area contributed by atoms with Gasteiger partial charge in [0, 0.05) is 17.6 Å². The van der Waals surface area contributed by atoms with Crippen LogP contribution in [0, 0.1) is 0 Å². The van der Waals surface area contributed by atoms with Crippen LogP contribution < -0.4 is 10.6 Å². The molecular weight excluding hydrogens is 456 g/mol. The summed E-state index contributed by atoms with van der Waals surface area (Å²) < 4.78 is 0. The topological polar surface area (TPSA) is 81.4 Å². The first-order valence-electron chi connectivity index (χ1n) is 12.6. The van der Waals surface area contributed by atoms with Crippen molar-refractivity contribution in [1.82, 2.24) is 30.6 Å². The number of benzene rings is 2. The van der Waals surface area contributed by atoms with Crippen molar-refractivity contribution in [1.29, 1.82) is 0 Å². The second-order valence-corrected chi connectivity index (χ2v) is 10.4. The summed E-state index contributed by atoms with van der Waals surface area (Å²) in [5, 5.41) is 7.75. The van der Waals surface area contributed by atoms with Crippen molar-refractivity contribution in [2.45, 2.75) is 63.7 Å². The van der Waals surface area contributed by atoms with Crippen molar-refractivity contribution >= 4 is 11.6 Å². The van der Waals surface area contributed by atoms with E-state index in [0.717, 1.165) is 59.0 Å². The second kappa shape index (κ2) is 9.26. The van der Waals surface area contributed by atoms with Crippen molar-refractivity contribution in [2.24, 2.45) is 0 Å².